The van der Waals surface area contributed by atoms with Gasteiger partial charge in [0.2, 0.25) is 0 Å². The number of nitrogens with one attached hydrogen (secondary N) is 1. The molecule has 2 aromatic rings. The summed E-state index contributed by atoms with van der Waals surface area (Å²) in [6.45, 7) is 1.23. The van der Waals surface area contributed by atoms with Crippen LogP contribution in [-0.2, 0) is 18.8 Å². The average Bonchev–Trinajstić information content (AvgIpc) is 2.69. The first-order chi connectivity index (χ1) is 15.1. The number of hydrogen-bond acceptors (Lipinski definition) is 6. The van der Waals surface area contributed by atoms with Crippen LogP contribution in [0.4, 0.5) is 49.1 Å². The number of anilines is 2. The number of nitriles is 1. The first-order valence-electron chi connectivity index (χ1n) is 8.38. The molecule has 0 atom stereocenters. The van der Waals surface area contributed by atoms with Crippen molar-refractivity contribution in [3.05, 3.63) is 63.6 Å². The summed E-state index contributed by atoms with van der Waals surface area (Å²) < 4.78 is 81.5. The first-order valence-corrected chi connectivity index (χ1v) is 9.96. The van der Waals surface area contributed by atoms with Gasteiger partial charge >= 0.3 is 12.4 Å². The number of nitro groups is 2. The Hall–Kier alpha value is -2.93. The number of benzene rings is 2. The van der Waals surface area contributed by atoms with Crippen molar-refractivity contribution in [2.75, 3.05) is 5.32 Å². The normalized spacial score (nSPS) is 11.8. The smallest absolute Gasteiger partial charge is 0.348 e. The Balaban J connectivity index is 3.02. The van der Waals surface area contributed by atoms with Crippen LogP contribution in [0.15, 0.2) is 21.1 Å². The van der Waals surface area contributed by atoms with Gasteiger partial charge in [0.15, 0.2) is 0 Å². The summed E-state index contributed by atoms with van der Waals surface area (Å²) in [5.41, 5.74) is -9.39. The summed E-state index contributed by atoms with van der Waals surface area (Å²) in [4.78, 5) is 19.8. The van der Waals surface area contributed by atoms with Crippen molar-refractivity contribution in [3.63, 3.8) is 0 Å². The predicted octanol–water partition coefficient (Wildman–Crippen LogP) is 7.24. The zero-order chi connectivity index (χ0) is 25.5. The van der Waals surface area contributed by atoms with Crippen LogP contribution in [0.5, 0.6) is 0 Å². The summed E-state index contributed by atoms with van der Waals surface area (Å²) in [5, 5.41) is 33.6. The second-order valence-electron chi connectivity index (χ2n) is 6.22. The fraction of sp³-hybridized carbons (Fsp3) is 0.235. The van der Waals surface area contributed by atoms with Gasteiger partial charge < -0.3 is 5.32 Å². The van der Waals surface area contributed by atoms with Gasteiger partial charge in [-0.25, -0.2) is 0 Å². The second kappa shape index (κ2) is 9.14. The van der Waals surface area contributed by atoms with Crippen molar-refractivity contribution < 1.29 is 36.2 Å². The van der Waals surface area contributed by atoms with Crippen molar-refractivity contribution >= 4 is 54.6 Å². The zero-order valence-corrected chi connectivity index (χ0v) is 19.0. The number of nitrogens with zero attached hydrogens (tertiary/aromatic N) is 3. The Morgan fingerprint density at radius 1 is 1.00 bits per heavy atom. The van der Waals surface area contributed by atoms with E-state index in [0.717, 1.165) is 0 Å². The molecule has 0 aliphatic heterocycles. The highest BCUT2D eigenvalue weighted by atomic mass is 79.9. The molecule has 16 heteroatoms. The van der Waals surface area contributed by atoms with E-state index < -0.39 is 78.1 Å². The number of halogens is 8. The summed E-state index contributed by atoms with van der Waals surface area (Å²) in [7, 11) is 0. The van der Waals surface area contributed by atoms with Crippen LogP contribution >= 0.6 is 31.9 Å². The molecule has 2 aromatic carbocycles. The quantitative estimate of drug-likeness (QED) is 0.218. The highest BCUT2D eigenvalue weighted by Crippen LogP contribution is 2.49. The third-order valence-corrected chi connectivity index (χ3v) is 6.42. The molecule has 0 aliphatic carbocycles. The molecule has 0 amide bonds. The Morgan fingerprint density at radius 3 is 1.97 bits per heavy atom. The van der Waals surface area contributed by atoms with E-state index in [9.17, 15) is 51.8 Å². The van der Waals surface area contributed by atoms with Gasteiger partial charge in [0.25, 0.3) is 11.4 Å². The van der Waals surface area contributed by atoms with Gasteiger partial charge in [0.05, 0.1) is 47.2 Å². The van der Waals surface area contributed by atoms with Gasteiger partial charge in [-0.3, -0.25) is 20.2 Å². The largest absolute Gasteiger partial charge is 0.418 e. The van der Waals surface area contributed by atoms with E-state index in [1.807, 2.05) is 5.32 Å². The van der Waals surface area contributed by atoms with E-state index in [1.54, 1.807) is 0 Å². The zero-order valence-electron chi connectivity index (χ0n) is 15.9. The van der Waals surface area contributed by atoms with Crippen molar-refractivity contribution in [2.45, 2.75) is 25.7 Å². The summed E-state index contributed by atoms with van der Waals surface area (Å²) >= 11 is 5.70. The van der Waals surface area contributed by atoms with Gasteiger partial charge in [-0.2, -0.15) is 31.6 Å². The van der Waals surface area contributed by atoms with Gasteiger partial charge in [0.1, 0.15) is 11.8 Å². The van der Waals surface area contributed by atoms with Crippen LogP contribution in [0.25, 0.3) is 0 Å². The minimum Gasteiger partial charge on any atom is -0.348 e. The maximum Gasteiger partial charge on any atom is 0.418 e. The molecule has 0 saturated heterocycles. The molecule has 2 rings (SSSR count). The number of rotatable bonds is 5. The van der Waals surface area contributed by atoms with E-state index in [2.05, 4.69) is 31.9 Å². The molecule has 0 bridgehead atoms. The third kappa shape index (κ3) is 5.03. The monoisotopic (exact) mass is 604 g/mol. The lowest BCUT2D eigenvalue weighted by molar-refractivity contribution is -0.394. The maximum atomic E-state index is 13.8. The first kappa shape index (κ1) is 26.3. The van der Waals surface area contributed by atoms with Gasteiger partial charge in [-0.05, 0) is 43.8 Å². The van der Waals surface area contributed by atoms with Crippen LogP contribution in [0.1, 0.15) is 29.2 Å². The Labute approximate surface area is 196 Å². The molecule has 0 saturated carbocycles. The summed E-state index contributed by atoms with van der Waals surface area (Å²) in [6, 6.07) is 1.65. The van der Waals surface area contributed by atoms with Gasteiger partial charge in [-0.1, -0.05) is 6.92 Å². The topological polar surface area (TPSA) is 122 Å². The van der Waals surface area contributed by atoms with E-state index in [1.165, 1.54) is 13.0 Å². The van der Waals surface area contributed by atoms with Crippen molar-refractivity contribution in [1.29, 1.82) is 5.26 Å². The maximum absolute atomic E-state index is 13.8. The summed E-state index contributed by atoms with van der Waals surface area (Å²) in [5.74, 6) is 0. The van der Waals surface area contributed by atoms with E-state index in [0.29, 0.717) is 0 Å². The minimum atomic E-state index is -5.35. The SMILES string of the molecule is CCc1c(Nc2c([N+](=O)[O-])cc([N+](=O)[O-])cc2C(F)(F)F)c(Br)c(Br)c(C#N)c1C(F)(F)F. The highest BCUT2D eigenvalue weighted by Gasteiger charge is 2.42. The van der Waals surface area contributed by atoms with E-state index in [4.69, 9.17) is 0 Å². The molecule has 1 N–H and O–H groups in total. The highest BCUT2D eigenvalue weighted by molar-refractivity contribution is 9.13. The molecule has 0 radical (unpaired) electrons. The molecule has 0 fully saturated rings. The molecule has 33 heavy (non-hydrogen) atoms. The average molecular weight is 606 g/mol. The number of alkyl halides is 6. The molecule has 0 aliphatic rings. The van der Waals surface area contributed by atoms with E-state index in [-0.39, 0.29) is 16.6 Å². The van der Waals surface area contributed by atoms with Gasteiger partial charge in [0, 0.05) is 6.07 Å². The lowest BCUT2D eigenvalue weighted by atomic mass is 9.96. The number of hydrogen-bond donors (Lipinski definition) is 1. The Bertz CT molecular complexity index is 1210. The fourth-order valence-corrected chi connectivity index (χ4v) is 4.00. The Kier molecular flexibility index (Phi) is 7.29. The fourth-order valence-electron chi connectivity index (χ4n) is 2.98. The molecule has 0 aromatic heterocycles. The van der Waals surface area contributed by atoms with Crippen LogP contribution in [0.2, 0.25) is 0 Å². The lowest BCUT2D eigenvalue weighted by Crippen LogP contribution is -2.17. The van der Waals surface area contributed by atoms with Crippen molar-refractivity contribution in [2.24, 2.45) is 0 Å². The van der Waals surface area contributed by atoms with Crippen LogP contribution < -0.4 is 5.32 Å². The third-order valence-electron chi connectivity index (χ3n) is 4.30. The standard InChI is InChI=1S/C17H8Br2F6N4O4/c1-2-7-11(17(23,24)25)8(5-26)12(18)13(19)14(7)27-15-9(16(20,21)22)3-6(28(30)31)4-10(15)29(32)33/h3-4,27H,2H2,1H3. The number of non-ortho nitro benzene ring substituents is 1. The molecular formula is C17H8Br2F6N4O4. The summed E-state index contributed by atoms with van der Waals surface area (Å²) in [6.07, 6.45) is -10.9. The number of nitro benzene ring substituents is 2. The molecule has 8 nitrogen and oxygen atoms in total. The molecule has 176 valence electrons. The van der Waals surface area contributed by atoms with Crippen molar-refractivity contribution in [3.8, 4) is 6.07 Å². The van der Waals surface area contributed by atoms with Crippen molar-refractivity contribution in [1.82, 2.24) is 0 Å². The molecule has 0 spiro atoms. The van der Waals surface area contributed by atoms with Crippen LogP contribution in [-0.4, -0.2) is 9.85 Å². The molecule has 0 unspecified atom stereocenters. The Morgan fingerprint density at radius 2 is 1.58 bits per heavy atom. The van der Waals surface area contributed by atoms with Crippen LogP contribution in [0, 0.1) is 31.6 Å². The minimum absolute atomic E-state index is 0.0260. The second-order valence-corrected chi connectivity index (χ2v) is 7.81. The predicted molar refractivity (Wildman–Crippen MR) is 109 cm³/mol. The lowest BCUT2D eigenvalue weighted by Gasteiger charge is -2.23. The van der Waals surface area contributed by atoms with E-state index >= 15 is 0 Å². The molecule has 0 heterocycles. The van der Waals surface area contributed by atoms with Crippen LogP contribution in [0.3, 0.4) is 0 Å². The van der Waals surface area contributed by atoms with Gasteiger partial charge in [-0.15, -0.1) is 0 Å². The molecular weight excluding hydrogens is 598 g/mol.